The molecule has 1 N–H and O–H groups in total. The molecule has 1 nitrogen and oxygen atoms in total. The third-order valence-corrected chi connectivity index (χ3v) is 5.25. The number of aryl methyl sites for hydroxylation is 1. The number of benzene rings is 1. The van der Waals surface area contributed by atoms with Crippen LogP contribution in [0.4, 0.5) is 4.39 Å². The molecule has 0 spiro atoms. The zero-order valence-electron chi connectivity index (χ0n) is 13.8. The van der Waals surface area contributed by atoms with E-state index in [2.05, 4.69) is 18.8 Å². The maximum absolute atomic E-state index is 13.2. The van der Waals surface area contributed by atoms with Gasteiger partial charge < -0.3 is 5.11 Å². The Morgan fingerprint density at radius 2 is 1.48 bits per heavy atom. The summed E-state index contributed by atoms with van der Waals surface area (Å²) in [5.74, 6) is 0.642. The summed E-state index contributed by atoms with van der Waals surface area (Å²) in [5, 5.41) is 9.13. The fraction of sp³-hybridized carbons (Fsp3) is 0.667. The van der Waals surface area contributed by atoms with E-state index in [-0.39, 0.29) is 15.8 Å². The Labute approximate surface area is 131 Å². The van der Waals surface area contributed by atoms with Gasteiger partial charge in [0.1, 0.15) is 0 Å². The molecule has 0 saturated carbocycles. The number of hydrogen-bond acceptors (Lipinski definition) is 1. The summed E-state index contributed by atoms with van der Waals surface area (Å²) in [6, 6.07) is 4.71. The molecule has 1 aromatic carbocycles. The van der Waals surface area contributed by atoms with Crippen LogP contribution < -0.4 is 0 Å². The number of rotatable bonds is 10. The van der Waals surface area contributed by atoms with Gasteiger partial charge in [0, 0.05) is 0 Å². The van der Waals surface area contributed by atoms with Crippen molar-refractivity contribution in [2.45, 2.75) is 51.4 Å². The van der Waals surface area contributed by atoms with Crippen LogP contribution >= 0.6 is 10.0 Å². The first-order chi connectivity index (χ1) is 9.88. The Balaban J connectivity index is 1.98. The van der Waals surface area contributed by atoms with Crippen LogP contribution in [0.1, 0.15) is 50.5 Å². The highest BCUT2D eigenvalue weighted by molar-refractivity contribution is 8.32. The van der Waals surface area contributed by atoms with Gasteiger partial charge in [-0.3, -0.25) is 0 Å². The Kier molecular flexibility index (Phi) is 8.16. The lowest BCUT2D eigenvalue weighted by Crippen LogP contribution is -1.98. The number of phenolic OH excluding ortho intramolecular Hbond substituents is 1. The van der Waals surface area contributed by atoms with Gasteiger partial charge in [0.25, 0.3) is 0 Å². The van der Waals surface area contributed by atoms with Crippen molar-refractivity contribution < 1.29 is 9.50 Å². The molecule has 0 aliphatic heterocycles. The van der Waals surface area contributed by atoms with Gasteiger partial charge in [-0.25, -0.2) is 14.4 Å². The third-order valence-electron chi connectivity index (χ3n) is 3.73. The molecule has 122 valence electrons. The number of hydrogen-bond donors (Lipinski definition) is 1. The number of aromatic hydroxyl groups is 1. The van der Waals surface area contributed by atoms with Crippen molar-refractivity contribution in [3.8, 4) is 5.75 Å². The molecule has 0 radical (unpaired) electrons. The largest absolute Gasteiger partial charge is 0.505 e. The zero-order chi connectivity index (χ0) is 15.7. The summed E-state index contributed by atoms with van der Waals surface area (Å²) < 4.78 is 13.2. The molecule has 21 heavy (non-hydrogen) atoms. The van der Waals surface area contributed by atoms with Gasteiger partial charge in [-0.15, -0.1) is 0 Å². The monoisotopic (exact) mass is 314 g/mol. The Bertz CT molecular complexity index is 412. The van der Waals surface area contributed by atoms with Crippen LogP contribution in [0.2, 0.25) is 0 Å². The van der Waals surface area contributed by atoms with Crippen LogP contribution in [0.25, 0.3) is 0 Å². The summed E-state index contributed by atoms with van der Waals surface area (Å²) in [4.78, 5) is 0. The predicted octanol–water partition coefficient (Wildman–Crippen LogP) is 5.50. The van der Waals surface area contributed by atoms with Crippen molar-refractivity contribution in [2.24, 2.45) is 0 Å². The molecule has 0 heterocycles. The van der Waals surface area contributed by atoms with Gasteiger partial charge >= 0.3 is 0 Å². The summed E-state index contributed by atoms with van der Waals surface area (Å²) in [6.07, 6.45) is 17.1. The maximum atomic E-state index is 13.2. The highest BCUT2D eigenvalue weighted by atomic mass is 32.3. The fourth-order valence-corrected chi connectivity index (χ4v) is 3.52. The molecule has 0 unspecified atom stereocenters. The second-order valence-electron chi connectivity index (χ2n) is 6.81. The summed E-state index contributed by atoms with van der Waals surface area (Å²) >= 11 is 0. The van der Waals surface area contributed by atoms with E-state index < -0.39 is 5.82 Å². The van der Waals surface area contributed by atoms with Crippen molar-refractivity contribution in [3.05, 3.63) is 29.6 Å². The van der Waals surface area contributed by atoms with Gasteiger partial charge in [0.05, 0.1) is 0 Å². The van der Waals surface area contributed by atoms with Crippen LogP contribution in [0.3, 0.4) is 0 Å². The quantitative estimate of drug-likeness (QED) is 0.565. The Hall–Kier alpha value is -0.700. The van der Waals surface area contributed by atoms with Crippen LogP contribution in [0.5, 0.6) is 5.75 Å². The molecule has 0 atom stereocenters. The molecule has 0 aromatic heterocycles. The number of halogens is 1. The average molecular weight is 315 g/mol. The van der Waals surface area contributed by atoms with Gasteiger partial charge in [-0.1, -0.05) is 38.2 Å². The number of unbranched alkanes of at least 4 members (excludes halogenated alkanes) is 6. The first-order valence-electron chi connectivity index (χ1n) is 8.02. The van der Waals surface area contributed by atoms with E-state index in [0.717, 1.165) is 18.4 Å². The molecular weight excluding hydrogens is 283 g/mol. The SMILES string of the molecule is CS(C)(C)CCCCCCCCCc1ccc(O)c(F)c1. The molecular formula is C18H31FOS. The molecule has 0 bridgehead atoms. The highest BCUT2D eigenvalue weighted by Crippen LogP contribution is 2.35. The normalized spacial score (nSPS) is 12.6. The standard InChI is InChI=1S/C18H31FOS/c1-21(2,3)14-10-8-6-4-5-7-9-11-16-12-13-18(20)17(19)15-16/h12-13,15,20H,4-11,14H2,1-3H3. The third kappa shape index (κ3) is 9.02. The highest BCUT2D eigenvalue weighted by Gasteiger charge is 2.03. The van der Waals surface area contributed by atoms with E-state index in [1.165, 1.54) is 56.4 Å². The second kappa shape index (κ2) is 9.34. The van der Waals surface area contributed by atoms with E-state index >= 15 is 0 Å². The van der Waals surface area contributed by atoms with Gasteiger partial charge in [0.15, 0.2) is 11.6 Å². The summed E-state index contributed by atoms with van der Waals surface area (Å²) in [7, 11) is -0.311. The fourth-order valence-electron chi connectivity index (χ4n) is 2.45. The van der Waals surface area contributed by atoms with Crippen LogP contribution in [-0.4, -0.2) is 29.6 Å². The van der Waals surface area contributed by atoms with E-state index in [0.29, 0.717) is 0 Å². The second-order valence-corrected chi connectivity index (χ2v) is 11.4. The molecule has 0 aliphatic rings. The first kappa shape index (κ1) is 18.3. The van der Waals surface area contributed by atoms with Crippen molar-refractivity contribution >= 4 is 10.0 Å². The maximum Gasteiger partial charge on any atom is 0.165 e. The lowest BCUT2D eigenvalue weighted by molar-refractivity contribution is 0.431. The zero-order valence-corrected chi connectivity index (χ0v) is 14.6. The van der Waals surface area contributed by atoms with E-state index in [1.54, 1.807) is 0 Å². The molecule has 0 amide bonds. The molecule has 0 aliphatic carbocycles. The minimum absolute atomic E-state index is 0.254. The average Bonchev–Trinajstić information content (AvgIpc) is 2.39. The Morgan fingerprint density at radius 1 is 0.905 bits per heavy atom. The predicted molar refractivity (Wildman–Crippen MR) is 94.3 cm³/mol. The topological polar surface area (TPSA) is 20.2 Å². The lowest BCUT2D eigenvalue weighted by atomic mass is 10.0. The van der Waals surface area contributed by atoms with Crippen molar-refractivity contribution in [3.63, 3.8) is 0 Å². The molecule has 0 fully saturated rings. The minimum atomic E-state index is -0.506. The van der Waals surface area contributed by atoms with Crippen LogP contribution in [-0.2, 0) is 6.42 Å². The number of phenols is 1. The molecule has 1 aromatic rings. The molecule has 3 heteroatoms. The summed E-state index contributed by atoms with van der Waals surface area (Å²) in [5.41, 5.74) is 0.985. The first-order valence-corrected chi connectivity index (χ1v) is 11.0. The Morgan fingerprint density at radius 3 is 2.05 bits per heavy atom. The van der Waals surface area contributed by atoms with Gasteiger partial charge in [0.2, 0.25) is 0 Å². The smallest absolute Gasteiger partial charge is 0.165 e. The van der Waals surface area contributed by atoms with Crippen LogP contribution in [0, 0.1) is 5.82 Å². The summed E-state index contributed by atoms with van der Waals surface area (Å²) in [6.45, 7) is 0. The van der Waals surface area contributed by atoms with Crippen molar-refractivity contribution in [1.82, 2.24) is 0 Å². The van der Waals surface area contributed by atoms with E-state index in [9.17, 15) is 4.39 Å². The lowest BCUT2D eigenvalue weighted by Gasteiger charge is -2.24. The molecule has 0 saturated heterocycles. The minimum Gasteiger partial charge on any atom is -0.505 e. The van der Waals surface area contributed by atoms with Crippen molar-refractivity contribution in [1.29, 1.82) is 0 Å². The van der Waals surface area contributed by atoms with Gasteiger partial charge in [-0.05, 0) is 61.5 Å². The van der Waals surface area contributed by atoms with E-state index in [4.69, 9.17) is 5.11 Å². The van der Waals surface area contributed by atoms with Gasteiger partial charge in [-0.2, -0.15) is 0 Å². The molecule has 1 rings (SSSR count). The van der Waals surface area contributed by atoms with E-state index in [1.807, 2.05) is 6.07 Å². The van der Waals surface area contributed by atoms with Crippen molar-refractivity contribution in [2.75, 3.05) is 24.5 Å². The van der Waals surface area contributed by atoms with Crippen LogP contribution in [0.15, 0.2) is 18.2 Å².